The highest BCUT2D eigenvalue weighted by molar-refractivity contribution is 6.01. The zero-order chi connectivity index (χ0) is 17.8. The lowest BCUT2D eigenvalue weighted by atomic mass is 10.1. The molecular formula is C19H17N3O3. The van der Waals surface area contributed by atoms with Crippen molar-refractivity contribution in [3.05, 3.63) is 65.9 Å². The van der Waals surface area contributed by atoms with E-state index in [4.69, 9.17) is 4.74 Å². The van der Waals surface area contributed by atoms with Gasteiger partial charge in [0.1, 0.15) is 0 Å². The molecule has 0 fully saturated rings. The van der Waals surface area contributed by atoms with Crippen LogP contribution in [0.25, 0.3) is 10.9 Å². The number of rotatable bonds is 4. The van der Waals surface area contributed by atoms with Crippen molar-refractivity contribution in [2.24, 2.45) is 5.10 Å². The number of carbonyl (C=O) groups excluding carboxylic acids is 1. The van der Waals surface area contributed by atoms with Gasteiger partial charge in [-0.3, -0.25) is 4.79 Å². The normalized spacial score (nSPS) is 11.4. The number of fused-ring (bicyclic) bond motifs is 1. The monoisotopic (exact) mass is 335 g/mol. The number of benzene rings is 2. The number of para-hydroxylation sites is 2. The average molecular weight is 335 g/mol. The first-order chi connectivity index (χ1) is 12.1. The van der Waals surface area contributed by atoms with E-state index < -0.39 is 5.91 Å². The van der Waals surface area contributed by atoms with E-state index in [0.29, 0.717) is 11.4 Å². The van der Waals surface area contributed by atoms with Crippen molar-refractivity contribution in [3.63, 3.8) is 0 Å². The Kier molecular flexibility index (Phi) is 4.61. The molecule has 0 radical (unpaired) electrons. The minimum absolute atomic E-state index is 0.0855. The fourth-order valence-electron chi connectivity index (χ4n) is 2.39. The fraction of sp³-hybridized carbons (Fsp3) is 0.105. The second-order valence-electron chi connectivity index (χ2n) is 5.38. The maximum Gasteiger partial charge on any atom is 0.275 e. The van der Waals surface area contributed by atoms with Crippen molar-refractivity contribution in [2.75, 3.05) is 7.11 Å². The highest BCUT2D eigenvalue weighted by Gasteiger charge is 2.14. The number of amides is 1. The molecule has 6 nitrogen and oxygen atoms in total. The predicted octanol–water partition coefficient (Wildman–Crippen LogP) is 3.10. The molecule has 126 valence electrons. The quantitative estimate of drug-likeness (QED) is 0.567. The van der Waals surface area contributed by atoms with Gasteiger partial charge in [0.2, 0.25) is 0 Å². The number of phenolic OH excluding ortho intramolecular Hbond substituents is 1. The number of hydrogen-bond acceptors (Lipinski definition) is 5. The smallest absolute Gasteiger partial charge is 0.275 e. The van der Waals surface area contributed by atoms with Gasteiger partial charge >= 0.3 is 0 Å². The van der Waals surface area contributed by atoms with Crippen molar-refractivity contribution >= 4 is 22.5 Å². The van der Waals surface area contributed by atoms with Gasteiger partial charge in [0.25, 0.3) is 5.91 Å². The highest BCUT2D eigenvalue weighted by atomic mass is 16.5. The third-order valence-corrected chi connectivity index (χ3v) is 3.76. The van der Waals surface area contributed by atoms with Crippen LogP contribution in [0, 0.1) is 0 Å². The Morgan fingerprint density at radius 3 is 2.72 bits per heavy atom. The highest BCUT2D eigenvalue weighted by Crippen LogP contribution is 2.29. The number of nitrogens with one attached hydrogen (secondary N) is 1. The summed E-state index contributed by atoms with van der Waals surface area (Å²) in [6.45, 7) is 1.75. The topological polar surface area (TPSA) is 83.8 Å². The standard InChI is InChI=1S/C19H17N3O3/c1-12(15-11-10-13-6-3-4-8-16(13)20-15)21-22-19(24)14-7-5-9-17(25-2)18(14)23/h3-11,23H,1-2H3,(H,22,24)/b21-12+. The van der Waals surface area contributed by atoms with Crippen LogP contribution >= 0.6 is 0 Å². The van der Waals surface area contributed by atoms with Gasteiger partial charge in [-0.15, -0.1) is 0 Å². The van der Waals surface area contributed by atoms with E-state index in [1.54, 1.807) is 19.1 Å². The van der Waals surface area contributed by atoms with E-state index in [-0.39, 0.29) is 17.1 Å². The largest absolute Gasteiger partial charge is 0.504 e. The molecular weight excluding hydrogens is 318 g/mol. The lowest BCUT2D eigenvalue weighted by Crippen LogP contribution is -2.19. The van der Waals surface area contributed by atoms with E-state index in [2.05, 4.69) is 15.5 Å². The average Bonchev–Trinajstić information content (AvgIpc) is 2.65. The van der Waals surface area contributed by atoms with Crippen LogP contribution in [-0.2, 0) is 0 Å². The Labute approximate surface area is 144 Å². The maximum atomic E-state index is 12.2. The Hall–Kier alpha value is -3.41. The molecule has 0 bridgehead atoms. The van der Waals surface area contributed by atoms with Crippen LogP contribution in [0.4, 0.5) is 0 Å². The molecule has 3 aromatic rings. The van der Waals surface area contributed by atoms with Crippen molar-refractivity contribution < 1.29 is 14.6 Å². The molecule has 25 heavy (non-hydrogen) atoms. The lowest BCUT2D eigenvalue weighted by Gasteiger charge is -2.08. The number of pyridine rings is 1. The van der Waals surface area contributed by atoms with E-state index in [0.717, 1.165) is 10.9 Å². The third kappa shape index (κ3) is 3.42. The van der Waals surface area contributed by atoms with E-state index in [9.17, 15) is 9.90 Å². The molecule has 0 aliphatic rings. The number of hydrazone groups is 1. The van der Waals surface area contributed by atoms with Crippen LogP contribution in [0.5, 0.6) is 11.5 Å². The SMILES string of the molecule is COc1cccc(C(=O)N/N=C(\C)c2ccc3ccccc3n2)c1O. The summed E-state index contributed by atoms with van der Waals surface area (Å²) in [5.74, 6) is -0.528. The van der Waals surface area contributed by atoms with E-state index in [1.165, 1.54) is 13.2 Å². The first-order valence-electron chi connectivity index (χ1n) is 7.67. The number of ether oxygens (including phenoxy) is 1. The van der Waals surface area contributed by atoms with Crippen LogP contribution in [0.2, 0.25) is 0 Å². The predicted molar refractivity (Wildman–Crippen MR) is 96.1 cm³/mol. The molecule has 0 unspecified atom stereocenters. The minimum atomic E-state index is -0.531. The molecule has 0 atom stereocenters. The molecule has 1 aromatic heterocycles. The summed E-state index contributed by atoms with van der Waals surface area (Å²) in [6.07, 6.45) is 0. The van der Waals surface area contributed by atoms with Gasteiger partial charge in [0.05, 0.1) is 29.6 Å². The number of phenols is 1. The van der Waals surface area contributed by atoms with Crippen LogP contribution in [0.15, 0.2) is 59.7 Å². The van der Waals surface area contributed by atoms with Crippen LogP contribution in [0.3, 0.4) is 0 Å². The van der Waals surface area contributed by atoms with Gasteiger partial charge < -0.3 is 9.84 Å². The van der Waals surface area contributed by atoms with Crippen molar-refractivity contribution in [1.29, 1.82) is 0 Å². The minimum Gasteiger partial charge on any atom is -0.504 e. The molecule has 0 saturated carbocycles. The number of nitrogens with zero attached hydrogens (tertiary/aromatic N) is 2. The van der Waals surface area contributed by atoms with Crippen molar-refractivity contribution in [2.45, 2.75) is 6.92 Å². The molecule has 0 spiro atoms. The van der Waals surface area contributed by atoms with E-state index in [1.807, 2.05) is 36.4 Å². The van der Waals surface area contributed by atoms with Crippen LogP contribution in [-0.4, -0.2) is 28.8 Å². The summed E-state index contributed by atoms with van der Waals surface area (Å²) in [5, 5.41) is 15.1. The molecule has 3 rings (SSSR count). The zero-order valence-electron chi connectivity index (χ0n) is 13.9. The number of aromatic nitrogens is 1. The first-order valence-corrected chi connectivity index (χ1v) is 7.67. The summed E-state index contributed by atoms with van der Waals surface area (Å²) in [4.78, 5) is 16.7. The van der Waals surface area contributed by atoms with Crippen molar-refractivity contribution in [1.82, 2.24) is 10.4 Å². The summed E-state index contributed by atoms with van der Waals surface area (Å²) in [5.41, 5.74) is 4.59. The van der Waals surface area contributed by atoms with Gasteiger partial charge in [0, 0.05) is 5.39 Å². The summed E-state index contributed by atoms with van der Waals surface area (Å²) >= 11 is 0. The number of carbonyl (C=O) groups is 1. The molecule has 0 aliphatic carbocycles. The first kappa shape index (κ1) is 16.4. The maximum absolute atomic E-state index is 12.2. The number of aromatic hydroxyl groups is 1. The Morgan fingerprint density at radius 2 is 1.92 bits per heavy atom. The summed E-state index contributed by atoms with van der Waals surface area (Å²) < 4.78 is 5.00. The summed E-state index contributed by atoms with van der Waals surface area (Å²) in [6, 6.07) is 16.2. The molecule has 2 N–H and O–H groups in total. The second-order valence-corrected chi connectivity index (χ2v) is 5.38. The lowest BCUT2D eigenvalue weighted by molar-refractivity contribution is 0.0951. The molecule has 0 aliphatic heterocycles. The van der Waals surface area contributed by atoms with Crippen molar-refractivity contribution in [3.8, 4) is 11.5 Å². The van der Waals surface area contributed by atoms with Crippen LogP contribution < -0.4 is 10.2 Å². The Morgan fingerprint density at radius 1 is 1.12 bits per heavy atom. The van der Waals surface area contributed by atoms with Gasteiger partial charge in [-0.2, -0.15) is 5.10 Å². The Balaban J connectivity index is 1.81. The van der Waals surface area contributed by atoms with Crippen LogP contribution in [0.1, 0.15) is 23.0 Å². The zero-order valence-corrected chi connectivity index (χ0v) is 13.9. The van der Waals surface area contributed by atoms with Gasteiger partial charge in [-0.25, -0.2) is 10.4 Å². The molecule has 2 aromatic carbocycles. The third-order valence-electron chi connectivity index (χ3n) is 3.76. The van der Waals surface area contributed by atoms with Gasteiger partial charge in [-0.1, -0.05) is 30.3 Å². The molecule has 1 heterocycles. The Bertz CT molecular complexity index is 967. The molecule has 1 amide bonds. The van der Waals surface area contributed by atoms with Gasteiger partial charge in [-0.05, 0) is 31.2 Å². The molecule has 6 heteroatoms. The molecule has 0 saturated heterocycles. The fourth-order valence-corrected chi connectivity index (χ4v) is 2.39. The summed E-state index contributed by atoms with van der Waals surface area (Å²) in [7, 11) is 1.42. The second kappa shape index (κ2) is 7.00. The number of hydrogen-bond donors (Lipinski definition) is 2. The van der Waals surface area contributed by atoms with Gasteiger partial charge in [0.15, 0.2) is 11.5 Å². The van der Waals surface area contributed by atoms with E-state index >= 15 is 0 Å². The number of methoxy groups -OCH3 is 1.